The number of fused-ring (bicyclic) bond motifs is 1. The largest absolute Gasteiger partial charge is 0.460 e. The maximum atomic E-state index is 5.68. The first kappa shape index (κ1) is 6.68. The smallest absolute Gasteiger partial charge is 0.152 e. The normalized spacial score (nSPS) is 10.7. The van der Waals surface area contributed by atoms with Gasteiger partial charge in [-0.1, -0.05) is 11.6 Å². The molecule has 0 saturated carbocycles. The lowest BCUT2D eigenvalue weighted by atomic mass is 10.3. The third-order valence-corrected chi connectivity index (χ3v) is 1.70. The molecule has 11 heavy (non-hydrogen) atoms. The van der Waals surface area contributed by atoms with Crippen LogP contribution in [-0.4, -0.2) is 4.98 Å². The topological polar surface area (TPSA) is 26.0 Å². The van der Waals surface area contributed by atoms with Gasteiger partial charge in [0.25, 0.3) is 0 Å². The molecule has 0 aliphatic carbocycles. The molecule has 2 rings (SSSR count). The molecule has 0 unspecified atom stereocenters. The van der Waals surface area contributed by atoms with Crippen molar-refractivity contribution in [2.24, 2.45) is 0 Å². The summed E-state index contributed by atoms with van der Waals surface area (Å²) >= 11 is 5.68. The van der Waals surface area contributed by atoms with E-state index in [-0.39, 0.29) is 0 Å². The molecule has 0 saturated heterocycles. The SMILES string of the molecule is Cc1cc2cc(Cl)ncc2o1. The summed E-state index contributed by atoms with van der Waals surface area (Å²) in [6.07, 6.45) is 1.63. The van der Waals surface area contributed by atoms with Crippen molar-refractivity contribution in [2.75, 3.05) is 0 Å². The van der Waals surface area contributed by atoms with E-state index >= 15 is 0 Å². The minimum atomic E-state index is 0.498. The second-order valence-corrected chi connectivity index (χ2v) is 2.79. The number of halogens is 1. The molecule has 0 aliphatic rings. The quantitative estimate of drug-likeness (QED) is 0.564. The number of hydrogen-bond donors (Lipinski definition) is 0. The van der Waals surface area contributed by atoms with Crippen molar-refractivity contribution in [3.63, 3.8) is 0 Å². The van der Waals surface area contributed by atoms with Gasteiger partial charge in [0.05, 0.1) is 6.20 Å². The molecule has 0 aromatic carbocycles. The first-order chi connectivity index (χ1) is 5.25. The maximum absolute atomic E-state index is 5.68. The minimum Gasteiger partial charge on any atom is -0.460 e. The summed E-state index contributed by atoms with van der Waals surface area (Å²) in [6.45, 7) is 1.90. The summed E-state index contributed by atoms with van der Waals surface area (Å²) < 4.78 is 5.30. The van der Waals surface area contributed by atoms with Crippen molar-refractivity contribution < 1.29 is 4.42 Å². The first-order valence-electron chi connectivity index (χ1n) is 3.27. The number of hydrogen-bond acceptors (Lipinski definition) is 2. The van der Waals surface area contributed by atoms with E-state index in [4.69, 9.17) is 16.0 Å². The van der Waals surface area contributed by atoms with E-state index in [0.717, 1.165) is 16.7 Å². The minimum absolute atomic E-state index is 0.498. The Kier molecular flexibility index (Phi) is 1.36. The van der Waals surface area contributed by atoms with Crippen LogP contribution in [0.1, 0.15) is 5.76 Å². The molecule has 3 heteroatoms. The van der Waals surface area contributed by atoms with Crippen LogP contribution in [0.4, 0.5) is 0 Å². The van der Waals surface area contributed by atoms with Gasteiger partial charge in [0.1, 0.15) is 10.9 Å². The summed E-state index contributed by atoms with van der Waals surface area (Å²) in [4.78, 5) is 3.89. The Morgan fingerprint density at radius 2 is 2.27 bits per heavy atom. The molecule has 0 bridgehead atoms. The Labute approximate surface area is 68.8 Å². The summed E-state index contributed by atoms with van der Waals surface area (Å²) in [5.41, 5.74) is 0.784. The van der Waals surface area contributed by atoms with Crippen LogP contribution >= 0.6 is 11.6 Å². The van der Waals surface area contributed by atoms with Gasteiger partial charge in [0.2, 0.25) is 0 Å². The monoisotopic (exact) mass is 167 g/mol. The van der Waals surface area contributed by atoms with Crippen molar-refractivity contribution in [2.45, 2.75) is 6.92 Å². The number of aryl methyl sites for hydroxylation is 1. The fourth-order valence-electron chi connectivity index (χ4n) is 1.05. The molecule has 56 valence electrons. The molecule has 0 amide bonds. The third-order valence-electron chi connectivity index (χ3n) is 1.49. The van der Waals surface area contributed by atoms with Crippen LogP contribution in [0.2, 0.25) is 5.15 Å². The van der Waals surface area contributed by atoms with E-state index in [9.17, 15) is 0 Å². The Balaban J connectivity index is 2.82. The lowest BCUT2D eigenvalue weighted by Gasteiger charge is -1.86. The molecule has 2 aromatic rings. The van der Waals surface area contributed by atoms with Crippen LogP contribution in [0.3, 0.4) is 0 Å². The number of furan rings is 1. The van der Waals surface area contributed by atoms with E-state index in [0.29, 0.717) is 5.15 Å². The summed E-state index contributed by atoms with van der Waals surface area (Å²) in [5, 5.41) is 1.50. The summed E-state index contributed by atoms with van der Waals surface area (Å²) in [6, 6.07) is 3.72. The lowest BCUT2D eigenvalue weighted by Crippen LogP contribution is -1.70. The molecule has 2 aromatic heterocycles. The van der Waals surface area contributed by atoms with Gasteiger partial charge in [-0.25, -0.2) is 4.98 Å². The van der Waals surface area contributed by atoms with Gasteiger partial charge in [0, 0.05) is 5.39 Å². The van der Waals surface area contributed by atoms with E-state index in [1.807, 2.05) is 13.0 Å². The van der Waals surface area contributed by atoms with E-state index in [1.165, 1.54) is 0 Å². The zero-order chi connectivity index (χ0) is 7.84. The summed E-state index contributed by atoms with van der Waals surface area (Å²) in [5.74, 6) is 0.879. The summed E-state index contributed by atoms with van der Waals surface area (Å²) in [7, 11) is 0. The van der Waals surface area contributed by atoms with Gasteiger partial charge in [-0.3, -0.25) is 0 Å². The van der Waals surface area contributed by atoms with Gasteiger partial charge >= 0.3 is 0 Å². The van der Waals surface area contributed by atoms with Gasteiger partial charge in [-0.15, -0.1) is 0 Å². The van der Waals surface area contributed by atoms with E-state index < -0.39 is 0 Å². The predicted molar refractivity (Wildman–Crippen MR) is 43.8 cm³/mol. The van der Waals surface area contributed by atoms with E-state index in [1.54, 1.807) is 12.3 Å². The van der Waals surface area contributed by atoms with E-state index in [2.05, 4.69) is 4.98 Å². The number of aromatic nitrogens is 1. The van der Waals surface area contributed by atoms with Crippen LogP contribution in [0.15, 0.2) is 22.7 Å². The molecule has 0 aliphatic heterocycles. The third kappa shape index (κ3) is 1.10. The van der Waals surface area contributed by atoms with Crippen LogP contribution in [0, 0.1) is 6.92 Å². The van der Waals surface area contributed by atoms with Crippen molar-refractivity contribution in [3.05, 3.63) is 29.2 Å². The molecule has 2 heterocycles. The average Bonchev–Trinajstić information content (AvgIpc) is 2.27. The zero-order valence-electron chi connectivity index (χ0n) is 5.97. The molecular weight excluding hydrogens is 162 g/mol. The first-order valence-corrected chi connectivity index (χ1v) is 3.65. The second kappa shape index (κ2) is 2.24. The predicted octanol–water partition coefficient (Wildman–Crippen LogP) is 2.79. The Bertz CT molecular complexity index is 394. The van der Waals surface area contributed by atoms with Gasteiger partial charge in [-0.05, 0) is 19.1 Å². The fourth-order valence-corrected chi connectivity index (χ4v) is 1.22. The van der Waals surface area contributed by atoms with Crippen LogP contribution in [0.5, 0.6) is 0 Å². The number of nitrogens with zero attached hydrogens (tertiary/aromatic N) is 1. The molecular formula is C8H6ClNO. The second-order valence-electron chi connectivity index (χ2n) is 2.40. The highest BCUT2D eigenvalue weighted by Gasteiger charge is 1.99. The highest BCUT2D eigenvalue weighted by molar-refractivity contribution is 6.30. The number of pyridine rings is 1. The average molecular weight is 168 g/mol. The van der Waals surface area contributed by atoms with Gasteiger partial charge in [-0.2, -0.15) is 0 Å². The highest BCUT2D eigenvalue weighted by Crippen LogP contribution is 2.19. The Morgan fingerprint density at radius 3 is 3.09 bits per heavy atom. The molecule has 0 N–H and O–H groups in total. The number of rotatable bonds is 0. The molecule has 0 radical (unpaired) electrons. The highest BCUT2D eigenvalue weighted by atomic mass is 35.5. The van der Waals surface area contributed by atoms with Crippen LogP contribution in [-0.2, 0) is 0 Å². The molecule has 2 nitrogen and oxygen atoms in total. The van der Waals surface area contributed by atoms with Crippen molar-refractivity contribution in [3.8, 4) is 0 Å². The standard InChI is InChI=1S/C8H6ClNO/c1-5-2-6-3-8(9)10-4-7(6)11-5/h2-4H,1H3. The molecule has 0 spiro atoms. The van der Waals surface area contributed by atoms with Crippen molar-refractivity contribution >= 4 is 22.6 Å². The van der Waals surface area contributed by atoms with Gasteiger partial charge < -0.3 is 4.42 Å². The van der Waals surface area contributed by atoms with Crippen molar-refractivity contribution in [1.82, 2.24) is 4.98 Å². The van der Waals surface area contributed by atoms with Gasteiger partial charge in [0.15, 0.2) is 5.58 Å². The Hall–Kier alpha value is -1.02. The Morgan fingerprint density at radius 1 is 1.45 bits per heavy atom. The van der Waals surface area contributed by atoms with Crippen molar-refractivity contribution in [1.29, 1.82) is 0 Å². The van der Waals surface area contributed by atoms with Crippen LogP contribution in [0.25, 0.3) is 11.0 Å². The fraction of sp³-hybridized carbons (Fsp3) is 0.125. The molecule has 0 atom stereocenters. The lowest BCUT2D eigenvalue weighted by molar-refractivity contribution is 0.577. The molecule has 0 fully saturated rings. The maximum Gasteiger partial charge on any atom is 0.152 e. The van der Waals surface area contributed by atoms with Crippen LogP contribution < -0.4 is 0 Å². The zero-order valence-corrected chi connectivity index (χ0v) is 6.72.